The maximum absolute atomic E-state index is 13.5. The summed E-state index contributed by atoms with van der Waals surface area (Å²) in [7, 11) is 0. The molecule has 2 amide bonds. The Balaban J connectivity index is 1.41. The van der Waals surface area contributed by atoms with E-state index in [2.05, 4.69) is 24.4 Å². The van der Waals surface area contributed by atoms with E-state index in [0.29, 0.717) is 31.9 Å². The van der Waals surface area contributed by atoms with E-state index in [-0.39, 0.29) is 12.3 Å². The number of nitrogens with zero attached hydrogens (tertiary/aromatic N) is 3. The van der Waals surface area contributed by atoms with Crippen LogP contribution >= 0.6 is 0 Å². The molecule has 1 aromatic heterocycles. The highest BCUT2D eigenvalue weighted by molar-refractivity contribution is 5.97. The number of benzene rings is 2. The van der Waals surface area contributed by atoms with E-state index in [1.165, 1.54) is 4.90 Å². The Hall–Kier alpha value is -3.87. The first-order valence-electron chi connectivity index (χ1n) is 11.7. The lowest BCUT2D eigenvalue weighted by atomic mass is 9.96. The maximum atomic E-state index is 13.5. The normalized spacial score (nSPS) is 15.1. The molecule has 7 nitrogen and oxygen atoms in total. The number of amides is 2. The second kappa shape index (κ2) is 9.17. The van der Waals surface area contributed by atoms with Gasteiger partial charge in [-0.2, -0.15) is 0 Å². The molecule has 0 unspecified atom stereocenters. The minimum atomic E-state index is -0.906. The Bertz CT molecular complexity index is 1260. The Kier molecular flexibility index (Phi) is 5.92. The fourth-order valence-electron chi connectivity index (χ4n) is 4.72. The summed E-state index contributed by atoms with van der Waals surface area (Å²) in [5, 5.41) is 12.7. The van der Waals surface area contributed by atoms with E-state index >= 15 is 0 Å². The number of aryl methyl sites for hydroxylation is 1. The molecule has 2 aliphatic heterocycles. The molecule has 3 heterocycles. The number of pyridine rings is 1. The van der Waals surface area contributed by atoms with Gasteiger partial charge in [-0.15, -0.1) is 0 Å². The first-order chi connectivity index (χ1) is 16.5. The van der Waals surface area contributed by atoms with Gasteiger partial charge in [-0.1, -0.05) is 42.0 Å². The Labute approximate surface area is 199 Å². The van der Waals surface area contributed by atoms with Crippen LogP contribution in [0.5, 0.6) is 0 Å². The molecule has 34 heavy (non-hydrogen) atoms. The van der Waals surface area contributed by atoms with Crippen LogP contribution in [0.4, 0.5) is 16.3 Å². The molecule has 0 atom stereocenters. The number of carboxylic acid groups (broad SMARTS) is 1. The molecule has 174 valence electrons. The number of aromatic nitrogens is 1. The van der Waals surface area contributed by atoms with Crippen molar-refractivity contribution < 1.29 is 14.7 Å². The summed E-state index contributed by atoms with van der Waals surface area (Å²) in [5.74, 6) is 0.654. The molecule has 0 fully saturated rings. The third-order valence-corrected chi connectivity index (χ3v) is 6.53. The number of hydrogen-bond acceptors (Lipinski definition) is 4. The van der Waals surface area contributed by atoms with Crippen LogP contribution in [0.15, 0.2) is 54.6 Å². The molecule has 2 aromatic carbocycles. The summed E-state index contributed by atoms with van der Waals surface area (Å²) in [6.45, 7) is 4.31. The summed E-state index contributed by atoms with van der Waals surface area (Å²) in [4.78, 5) is 33.0. The van der Waals surface area contributed by atoms with Crippen LogP contribution in [0.3, 0.4) is 0 Å². The Morgan fingerprint density at radius 3 is 2.76 bits per heavy atom. The van der Waals surface area contributed by atoms with Crippen molar-refractivity contribution in [2.24, 2.45) is 0 Å². The summed E-state index contributed by atoms with van der Waals surface area (Å²) < 4.78 is 0. The van der Waals surface area contributed by atoms with Crippen LogP contribution in [0.1, 0.15) is 28.7 Å². The van der Waals surface area contributed by atoms with Crippen LogP contribution in [0.25, 0.3) is 11.3 Å². The summed E-state index contributed by atoms with van der Waals surface area (Å²) in [5.41, 5.74) is 6.92. The monoisotopic (exact) mass is 456 g/mol. The zero-order chi connectivity index (χ0) is 23.7. The SMILES string of the molecule is Cc1cccc(-c2ccc3c(n2)N(C(=O)Cc2ccc4c(c2)CN(C(=O)O)CC4)CCCN3)c1. The minimum Gasteiger partial charge on any atom is -0.465 e. The zero-order valence-electron chi connectivity index (χ0n) is 19.3. The van der Waals surface area contributed by atoms with E-state index in [4.69, 9.17) is 4.98 Å². The molecule has 0 radical (unpaired) electrons. The van der Waals surface area contributed by atoms with Gasteiger partial charge in [0.05, 0.1) is 17.8 Å². The number of anilines is 2. The van der Waals surface area contributed by atoms with E-state index < -0.39 is 6.09 Å². The molecule has 0 aliphatic carbocycles. The zero-order valence-corrected chi connectivity index (χ0v) is 19.3. The molecule has 0 saturated heterocycles. The van der Waals surface area contributed by atoms with Crippen LogP contribution < -0.4 is 10.2 Å². The molecule has 7 heteroatoms. The van der Waals surface area contributed by atoms with E-state index in [1.807, 2.05) is 42.5 Å². The first kappa shape index (κ1) is 21.9. The van der Waals surface area contributed by atoms with Gasteiger partial charge in [-0.25, -0.2) is 9.78 Å². The third-order valence-electron chi connectivity index (χ3n) is 6.53. The van der Waals surface area contributed by atoms with E-state index in [9.17, 15) is 14.7 Å². The molecule has 2 N–H and O–H groups in total. The van der Waals surface area contributed by atoms with Crippen molar-refractivity contribution in [3.63, 3.8) is 0 Å². The third kappa shape index (κ3) is 4.46. The fraction of sp³-hybridized carbons (Fsp3) is 0.296. The number of carbonyl (C=O) groups excluding carboxylic acids is 1. The second-order valence-corrected chi connectivity index (χ2v) is 9.00. The minimum absolute atomic E-state index is 0.00954. The van der Waals surface area contributed by atoms with Crippen LogP contribution in [-0.4, -0.2) is 46.6 Å². The van der Waals surface area contributed by atoms with Crippen molar-refractivity contribution in [3.8, 4) is 11.3 Å². The number of carbonyl (C=O) groups is 2. The maximum Gasteiger partial charge on any atom is 0.407 e. The fourth-order valence-corrected chi connectivity index (χ4v) is 4.72. The average molecular weight is 457 g/mol. The van der Waals surface area contributed by atoms with E-state index in [1.54, 1.807) is 4.90 Å². The van der Waals surface area contributed by atoms with Crippen LogP contribution in [0.2, 0.25) is 0 Å². The predicted octanol–water partition coefficient (Wildman–Crippen LogP) is 4.48. The van der Waals surface area contributed by atoms with Crippen molar-refractivity contribution >= 4 is 23.5 Å². The smallest absolute Gasteiger partial charge is 0.407 e. The Morgan fingerprint density at radius 1 is 1.06 bits per heavy atom. The van der Waals surface area contributed by atoms with Crippen molar-refractivity contribution in [1.82, 2.24) is 9.88 Å². The quantitative estimate of drug-likeness (QED) is 0.607. The molecule has 0 bridgehead atoms. The van der Waals surface area contributed by atoms with Crippen molar-refractivity contribution in [3.05, 3.63) is 76.9 Å². The molecule has 3 aromatic rings. The van der Waals surface area contributed by atoms with Gasteiger partial charge in [0.25, 0.3) is 0 Å². The number of hydrogen-bond donors (Lipinski definition) is 2. The topological polar surface area (TPSA) is 85.8 Å². The van der Waals surface area contributed by atoms with Crippen LogP contribution in [-0.2, 0) is 24.2 Å². The Morgan fingerprint density at radius 2 is 1.94 bits per heavy atom. The van der Waals surface area contributed by atoms with Crippen molar-refractivity contribution in [1.29, 1.82) is 0 Å². The number of nitrogens with one attached hydrogen (secondary N) is 1. The predicted molar refractivity (Wildman–Crippen MR) is 132 cm³/mol. The van der Waals surface area contributed by atoms with Gasteiger partial charge in [0.2, 0.25) is 5.91 Å². The molecular formula is C27H28N4O3. The van der Waals surface area contributed by atoms with Crippen molar-refractivity contribution in [2.45, 2.75) is 32.7 Å². The summed E-state index contributed by atoms with van der Waals surface area (Å²) in [6, 6.07) is 18.2. The van der Waals surface area contributed by atoms with Crippen molar-refractivity contribution in [2.75, 3.05) is 29.9 Å². The van der Waals surface area contributed by atoms with Gasteiger partial charge < -0.3 is 15.3 Å². The first-order valence-corrected chi connectivity index (χ1v) is 11.7. The highest BCUT2D eigenvalue weighted by Gasteiger charge is 2.25. The van der Waals surface area contributed by atoms with Gasteiger partial charge in [0.15, 0.2) is 5.82 Å². The lowest BCUT2D eigenvalue weighted by Crippen LogP contribution is -2.35. The van der Waals surface area contributed by atoms with Gasteiger partial charge >= 0.3 is 6.09 Å². The molecule has 0 saturated carbocycles. The van der Waals surface area contributed by atoms with Gasteiger partial charge in [-0.05, 0) is 54.7 Å². The highest BCUT2D eigenvalue weighted by atomic mass is 16.4. The number of fused-ring (bicyclic) bond motifs is 2. The second-order valence-electron chi connectivity index (χ2n) is 9.00. The number of rotatable bonds is 3. The van der Waals surface area contributed by atoms with Gasteiger partial charge in [0.1, 0.15) is 0 Å². The van der Waals surface area contributed by atoms with E-state index in [0.717, 1.165) is 52.2 Å². The molecule has 5 rings (SSSR count). The molecule has 2 aliphatic rings. The standard InChI is InChI=1S/C27H28N4O3/c1-18-4-2-5-21(14-18)23-8-9-24-26(29-23)31(12-3-11-28-24)25(32)16-19-6-7-20-10-13-30(27(33)34)17-22(20)15-19/h2,4-9,14-15,28H,3,10-13,16-17H2,1H3,(H,33,34). The highest BCUT2D eigenvalue weighted by Crippen LogP contribution is 2.31. The largest absolute Gasteiger partial charge is 0.465 e. The summed E-state index contributed by atoms with van der Waals surface area (Å²) in [6.07, 6.45) is 0.874. The lowest BCUT2D eigenvalue weighted by Gasteiger charge is -2.27. The summed E-state index contributed by atoms with van der Waals surface area (Å²) >= 11 is 0. The lowest BCUT2D eigenvalue weighted by molar-refractivity contribution is -0.118. The molecule has 0 spiro atoms. The molecular weight excluding hydrogens is 428 g/mol. The van der Waals surface area contributed by atoms with Gasteiger partial charge in [0, 0.05) is 31.7 Å². The van der Waals surface area contributed by atoms with Crippen LogP contribution in [0, 0.1) is 6.92 Å². The van der Waals surface area contributed by atoms with Gasteiger partial charge in [-0.3, -0.25) is 9.69 Å². The average Bonchev–Trinajstić information content (AvgIpc) is 3.05.